The fraction of sp³-hybridized carbons (Fsp3) is 0.636. The summed E-state index contributed by atoms with van der Waals surface area (Å²) in [7, 11) is 0. The molecular weight excluding hydrogens is 312 g/mol. The van der Waals surface area contributed by atoms with E-state index < -0.39 is 0 Å². The maximum Gasteiger partial charge on any atom is 4.00 e. The molecule has 0 heterocycles. The first-order valence-electron chi connectivity index (χ1n) is 8.62. The topological polar surface area (TPSA) is 0 Å². The number of hydrogen-bond donors (Lipinski definition) is 0. The predicted molar refractivity (Wildman–Crippen MR) is 101 cm³/mol. The van der Waals surface area contributed by atoms with Crippen molar-refractivity contribution in [3.05, 3.63) is 45.6 Å². The summed E-state index contributed by atoms with van der Waals surface area (Å²) in [6, 6.07) is 0. The van der Waals surface area contributed by atoms with Crippen molar-refractivity contribution in [2.45, 2.75) is 82.1 Å². The largest absolute Gasteiger partial charge is 4.00 e. The molecule has 0 amide bonds. The van der Waals surface area contributed by atoms with Crippen molar-refractivity contribution < 1.29 is 24.6 Å². The van der Waals surface area contributed by atoms with Gasteiger partial charge in [0.25, 0.3) is 0 Å². The molecule has 0 saturated heterocycles. The summed E-state index contributed by atoms with van der Waals surface area (Å²) in [5.74, 6) is 0. The number of rotatable bonds is 2. The molecule has 0 aromatic rings. The first kappa shape index (κ1) is 22.7. The zero-order valence-electron chi connectivity index (χ0n) is 18.9. The molecule has 0 N–H and O–H groups in total. The Morgan fingerprint density at radius 1 is 0.696 bits per heavy atom. The van der Waals surface area contributed by atoms with Gasteiger partial charge in [-0.2, -0.15) is 22.3 Å². The Morgan fingerprint density at radius 3 is 1.04 bits per heavy atom. The van der Waals surface area contributed by atoms with Gasteiger partial charge < -0.3 is 2.85 Å². The summed E-state index contributed by atoms with van der Waals surface area (Å²) in [5.41, 5.74) is 9.01. The molecule has 1 heteroatoms. The molecule has 0 aliphatic heterocycles. The van der Waals surface area contributed by atoms with Crippen LogP contribution in [0.1, 0.15) is 84.9 Å². The van der Waals surface area contributed by atoms with Crippen LogP contribution in [0.25, 0.3) is 0 Å². The zero-order valence-corrected chi connectivity index (χ0v) is 18.5. The third-order valence-corrected chi connectivity index (χ3v) is 6.25. The maximum atomic E-state index is 3.52. The second-order valence-corrected chi connectivity index (χ2v) is 7.37. The van der Waals surface area contributed by atoms with Crippen molar-refractivity contribution in [2.24, 2.45) is 10.8 Å². The SMILES string of the molecule is CCC1(C)[C-]=C(C)C(C)=C1C.CCC1(C)[C-]=C(C)C(C)=C1C.[H-].[H-].[Ti+4]. The van der Waals surface area contributed by atoms with Crippen molar-refractivity contribution >= 4 is 0 Å². The molecule has 2 aliphatic carbocycles. The van der Waals surface area contributed by atoms with E-state index in [9.17, 15) is 0 Å². The van der Waals surface area contributed by atoms with Crippen LogP contribution in [0.15, 0.2) is 33.4 Å². The van der Waals surface area contributed by atoms with Crippen molar-refractivity contribution in [2.75, 3.05) is 0 Å². The normalized spacial score (nSPS) is 29.8. The van der Waals surface area contributed by atoms with Crippen LogP contribution in [0.5, 0.6) is 0 Å². The van der Waals surface area contributed by atoms with Crippen LogP contribution in [0.4, 0.5) is 0 Å². The van der Waals surface area contributed by atoms with Crippen LogP contribution in [-0.2, 0) is 21.7 Å². The second kappa shape index (κ2) is 8.17. The Morgan fingerprint density at radius 2 is 0.957 bits per heavy atom. The number of hydrogen-bond acceptors (Lipinski definition) is 0. The third-order valence-electron chi connectivity index (χ3n) is 6.25. The molecule has 128 valence electrons. The predicted octanol–water partition coefficient (Wildman–Crippen LogP) is 7.23. The Kier molecular flexibility index (Phi) is 8.05. The van der Waals surface area contributed by atoms with E-state index in [1.165, 1.54) is 33.4 Å². The molecule has 0 bridgehead atoms. The number of allylic oxidation sites excluding steroid dienone is 8. The standard InChI is InChI=1S/2C11H17.Ti.2H/c2*1-6-11(5)7-8(2)9(3)10(11)4;;;/h2*6H2,1-5H3;;;/q2*-1;+4;2*-1. The van der Waals surface area contributed by atoms with Crippen molar-refractivity contribution in [3.8, 4) is 0 Å². The van der Waals surface area contributed by atoms with Crippen LogP contribution in [0, 0.1) is 23.0 Å². The molecule has 2 rings (SSSR count). The average Bonchev–Trinajstić information content (AvgIpc) is 2.81. The average molecular weight is 348 g/mol. The van der Waals surface area contributed by atoms with Crippen molar-refractivity contribution in [3.63, 3.8) is 0 Å². The summed E-state index contributed by atoms with van der Waals surface area (Å²) < 4.78 is 0. The first-order chi connectivity index (χ1) is 10.0. The van der Waals surface area contributed by atoms with E-state index in [0.29, 0.717) is 0 Å². The van der Waals surface area contributed by atoms with Crippen LogP contribution in [0.2, 0.25) is 0 Å². The maximum absolute atomic E-state index is 3.52. The van der Waals surface area contributed by atoms with Gasteiger partial charge in [0.1, 0.15) is 0 Å². The van der Waals surface area contributed by atoms with Gasteiger partial charge in [-0.1, -0.05) is 79.1 Å². The van der Waals surface area contributed by atoms with Gasteiger partial charge in [-0.05, 0) is 0 Å². The van der Waals surface area contributed by atoms with Gasteiger partial charge in [0.15, 0.2) is 0 Å². The molecule has 0 spiro atoms. The molecule has 0 radical (unpaired) electrons. The molecule has 0 aromatic carbocycles. The zero-order chi connectivity index (χ0) is 17.3. The van der Waals surface area contributed by atoms with E-state index in [1.807, 2.05) is 0 Å². The molecule has 23 heavy (non-hydrogen) atoms. The summed E-state index contributed by atoms with van der Waals surface area (Å²) in [4.78, 5) is 0. The van der Waals surface area contributed by atoms with Gasteiger partial charge in [-0.25, -0.2) is 11.1 Å². The minimum atomic E-state index is 0. The summed E-state index contributed by atoms with van der Waals surface area (Å²) >= 11 is 0. The Labute approximate surface area is 163 Å². The molecule has 2 unspecified atom stereocenters. The van der Waals surface area contributed by atoms with Gasteiger partial charge in [0.2, 0.25) is 0 Å². The van der Waals surface area contributed by atoms with Gasteiger partial charge in [0, 0.05) is 0 Å². The fourth-order valence-electron chi connectivity index (χ4n) is 3.30. The van der Waals surface area contributed by atoms with E-state index in [-0.39, 0.29) is 35.4 Å². The van der Waals surface area contributed by atoms with E-state index in [1.54, 1.807) is 0 Å². The van der Waals surface area contributed by atoms with E-state index >= 15 is 0 Å². The first-order valence-corrected chi connectivity index (χ1v) is 8.62. The summed E-state index contributed by atoms with van der Waals surface area (Å²) in [5, 5.41) is 0. The van der Waals surface area contributed by atoms with Crippen LogP contribution >= 0.6 is 0 Å². The van der Waals surface area contributed by atoms with E-state index in [2.05, 4.69) is 81.4 Å². The fourth-order valence-corrected chi connectivity index (χ4v) is 3.30. The monoisotopic (exact) mass is 348 g/mol. The quantitative estimate of drug-likeness (QED) is 0.365. The molecular formula is C22H36Ti. The van der Waals surface area contributed by atoms with Crippen molar-refractivity contribution in [1.29, 1.82) is 0 Å². The molecule has 0 nitrogen and oxygen atoms in total. The Bertz CT molecular complexity index is 529. The minimum absolute atomic E-state index is 0. The second-order valence-electron chi connectivity index (χ2n) is 7.37. The Balaban J connectivity index is -0.000000346. The molecule has 2 atom stereocenters. The Hall–Kier alpha value is -0.326. The summed E-state index contributed by atoms with van der Waals surface area (Å²) in [6.45, 7) is 22.1. The van der Waals surface area contributed by atoms with Gasteiger partial charge in [-0.3, -0.25) is 12.2 Å². The molecule has 0 aromatic heterocycles. The third kappa shape index (κ3) is 4.40. The van der Waals surface area contributed by atoms with Crippen molar-refractivity contribution in [1.82, 2.24) is 0 Å². The summed E-state index contributed by atoms with van der Waals surface area (Å²) in [6.07, 6.45) is 9.36. The van der Waals surface area contributed by atoms with Gasteiger partial charge >= 0.3 is 21.7 Å². The van der Waals surface area contributed by atoms with E-state index in [0.717, 1.165) is 12.8 Å². The van der Waals surface area contributed by atoms with E-state index in [4.69, 9.17) is 0 Å². The minimum Gasteiger partial charge on any atom is -1.00 e. The molecule has 2 aliphatic rings. The van der Waals surface area contributed by atoms with Gasteiger partial charge in [0.05, 0.1) is 0 Å². The van der Waals surface area contributed by atoms with Gasteiger partial charge in [-0.15, -0.1) is 13.8 Å². The van der Waals surface area contributed by atoms with Crippen LogP contribution < -0.4 is 0 Å². The van der Waals surface area contributed by atoms with Crippen LogP contribution in [0.3, 0.4) is 0 Å². The molecule has 0 saturated carbocycles. The smallest absolute Gasteiger partial charge is 1.00 e. The van der Waals surface area contributed by atoms with Crippen LogP contribution in [-0.4, -0.2) is 0 Å². The molecule has 0 fully saturated rings.